The fraction of sp³-hybridized carbons (Fsp3) is 0.238. The van der Waals surface area contributed by atoms with Crippen molar-refractivity contribution in [3.05, 3.63) is 70.8 Å². The molecule has 2 atom stereocenters. The van der Waals surface area contributed by atoms with E-state index >= 15 is 0 Å². The number of benzene rings is 2. The van der Waals surface area contributed by atoms with Gasteiger partial charge in [-0.25, -0.2) is 9.59 Å². The number of urea groups is 1. The van der Waals surface area contributed by atoms with Crippen LogP contribution in [0.2, 0.25) is 0 Å². The molecule has 1 fully saturated rings. The number of nitrogens with zero attached hydrogens (tertiary/aromatic N) is 1. The van der Waals surface area contributed by atoms with Gasteiger partial charge in [-0.2, -0.15) is 0 Å². The van der Waals surface area contributed by atoms with E-state index in [1.807, 2.05) is 24.3 Å². The molecule has 2 aliphatic rings. The van der Waals surface area contributed by atoms with Gasteiger partial charge >= 0.3 is 12.0 Å². The zero-order chi connectivity index (χ0) is 20.8. The van der Waals surface area contributed by atoms with Crippen molar-refractivity contribution in [2.45, 2.75) is 31.5 Å². The summed E-state index contributed by atoms with van der Waals surface area (Å²) in [7, 11) is 0. The molecule has 8 nitrogen and oxygen atoms in total. The van der Waals surface area contributed by atoms with Crippen LogP contribution in [-0.4, -0.2) is 39.9 Å². The van der Waals surface area contributed by atoms with Crippen LogP contribution in [0, 0.1) is 0 Å². The van der Waals surface area contributed by atoms with Crippen molar-refractivity contribution in [1.82, 2.24) is 15.5 Å². The molecule has 148 valence electrons. The minimum absolute atomic E-state index is 0.212. The number of imide groups is 1. The van der Waals surface area contributed by atoms with Gasteiger partial charge in [-0.1, -0.05) is 36.4 Å². The molecule has 0 spiro atoms. The van der Waals surface area contributed by atoms with Gasteiger partial charge < -0.3 is 15.3 Å². The van der Waals surface area contributed by atoms with E-state index in [1.54, 1.807) is 31.2 Å². The van der Waals surface area contributed by atoms with Crippen LogP contribution < -0.4 is 10.6 Å². The van der Waals surface area contributed by atoms with Crippen LogP contribution in [0.4, 0.5) is 4.79 Å². The maximum atomic E-state index is 13.1. The maximum absolute atomic E-state index is 13.1. The summed E-state index contributed by atoms with van der Waals surface area (Å²) in [6, 6.07) is 12.2. The highest BCUT2D eigenvalue weighted by atomic mass is 16.4. The number of carboxylic acid groups (broad SMARTS) is 1. The third kappa shape index (κ3) is 3.12. The number of hydrogen-bond acceptors (Lipinski definition) is 4. The minimum Gasteiger partial charge on any atom is -0.480 e. The average molecular weight is 393 g/mol. The molecule has 2 aromatic rings. The number of carbonyl (C=O) groups excluding carboxylic acids is 3. The molecule has 4 rings (SSSR count). The van der Waals surface area contributed by atoms with Crippen LogP contribution in [-0.2, 0) is 28.1 Å². The third-order valence-electron chi connectivity index (χ3n) is 5.55. The molecule has 2 aliphatic heterocycles. The molecule has 8 heteroatoms. The van der Waals surface area contributed by atoms with Crippen molar-refractivity contribution < 1.29 is 24.3 Å². The predicted molar refractivity (Wildman–Crippen MR) is 102 cm³/mol. The predicted octanol–water partition coefficient (Wildman–Crippen LogP) is 1.39. The van der Waals surface area contributed by atoms with Gasteiger partial charge in [-0.15, -0.1) is 0 Å². The minimum atomic E-state index is -1.22. The molecular weight excluding hydrogens is 374 g/mol. The van der Waals surface area contributed by atoms with E-state index in [0.29, 0.717) is 11.1 Å². The first-order valence-electron chi connectivity index (χ1n) is 9.14. The standard InChI is InChI=1S/C21H19N3O5/c1-21(19(28)22-20(29)23-21)15-8-6-12(7-9-15)17(25)24-11-14-5-3-2-4-13(14)10-16(24)18(26)27/h2-9,16H,10-11H2,1H3,(H,26,27)(H2,22,23,28,29)/t16-,21-/m1/s1. The van der Waals surface area contributed by atoms with Crippen molar-refractivity contribution in [2.75, 3.05) is 0 Å². The number of rotatable bonds is 3. The Morgan fingerprint density at radius 1 is 1.07 bits per heavy atom. The molecule has 0 radical (unpaired) electrons. The number of amides is 4. The lowest BCUT2D eigenvalue weighted by Crippen LogP contribution is -2.48. The van der Waals surface area contributed by atoms with Crippen LogP contribution in [0.1, 0.15) is 34.0 Å². The first-order chi connectivity index (χ1) is 13.8. The lowest BCUT2D eigenvalue weighted by Gasteiger charge is -2.34. The fourth-order valence-corrected chi connectivity index (χ4v) is 3.82. The average Bonchev–Trinajstić information content (AvgIpc) is 2.98. The second-order valence-electron chi connectivity index (χ2n) is 7.37. The summed E-state index contributed by atoms with van der Waals surface area (Å²) in [4.78, 5) is 49.7. The summed E-state index contributed by atoms with van der Waals surface area (Å²) < 4.78 is 0. The van der Waals surface area contributed by atoms with Gasteiger partial charge in [0.1, 0.15) is 11.6 Å². The van der Waals surface area contributed by atoms with Crippen molar-refractivity contribution in [3.8, 4) is 0 Å². The number of aliphatic carboxylic acids is 1. The highest BCUT2D eigenvalue weighted by Gasteiger charge is 2.43. The quantitative estimate of drug-likeness (QED) is 0.682. The lowest BCUT2D eigenvalue weighted by molar-refractivity contribution is -0.142. The summed E-state index contributed by atoms with van der Waals surface area (Å²) in [5.41, 5.74) is 1.47. The van der Waals surface area contributed by atoms with E-state index in [1.165, 1.54) is 4.90 Å². The van der Waals surface area contributed by atoms with E-state index in [0.717, 1.165) is 11.1 Å². The first-order valence-corrected chi connectivity index (χ1v) is 9.14. The van der Waals surface area contributed by atoms with Crippen molar-refractivity contribution in [3.63, 3.8) is 0 Å². The molecule has 2 aromatic carbocycles. The Hall–Kier alpha value is -3.68. The van der Waals surface area contributed by atoms with Gasteiger partial charge in [0.25, 0.3) is 11.8 Å². The highest BCUT2D eigenvalue weighted by Crippen LogP contribution is 2.27. The molecule has 29 heavy (non-hydrogen) atoms. The van der Waals surface area contributed by atoms with E-state index in [2.05, 4.69) is 10.6 Å². The Bertz CT molecular complexity index is 1030. The van der Waals surface area contributed by atoms with E-state index in [-0.39, 0.29) is 13.0 Å². The number of hydrogen-bond donors (Lipinski definition) is 3. The third-order valence-corrected chi connectivity index (χ3v) is 5.55. The Morgan fingerprint density at radius 2 is 1.72 bits per heavy atom. The fourth-order valence-electron chi connectivity index (χ4n) is 3.82. The van der Waals surface area contributed by atoms with Gasteiger partial charge in [0.05, 0.1) is 0 Å². The molecule has 0 bridgehead atoms. The monoisotopic (exact) mass is 393 g/mol. The molecule has 0 unspecified atom stereocenters. The molecule has 4 amide bonds. The van der Waals surface area contributed by atoms with Gasteiger partial charge in [0.15, 0.2) is 0 Å². The molecule has 3 N–H and O–H groups in total. The van der Waals surface area contributed by atoms with Gasteiger partial charge in [0.2, 0.25) is 0 Å². The van der Waals surface area contributed by atoms with E-state index < -0.39 is 35.4 Å². The van der Waals surface area contributed by atoms with Crippen LogP contribution in [0.25, 0.3) is 0 Å². The first kappa shape index (κ1) is 18.7. The molecule has 0 aliphatic carbocycles. The van der Waals surface area contributed by atoms with Crippen LogP contribution in [0.3, 0.4) is 0 Å². The number of fused-ring (bicyclic) bond motifs is 1. The number of carboxylic acids is 1. The molecule has 0 saturated carbocycles. The molecular formula is C21H19N3O5. The highest BCUT2D eigenvalue weighted by molar-refractivity contribution is 6.07. The normalized spacial score (nSPS) is 23.2. The smallest absolute Gasteiger partial charge is 0.326 e. The summed E-state index contributed by atoms with van der Waals surface area (Å²) in [6.07, 6.45) is 0.250. The van der Waals surface area contributed by atoms with Crippen molar-refractivity contribution in [1.29, 1.82) is 0 Å². The Labute approximate surface area is 166 Å². The van der Waals surface area contributed by atoms with Gasteiger partial charge in [-0.05, 0) is 35.7 Å². The van der Waals surface area contributed by atoms with E-state index in [9.17, 15) is 24.3 Å². The Balaban J connectivity index is 1.61. The summed E-state index contributed by atoms with van der Waals surface area (Å²) in [5.74, 6) is -1.93. The second kappa shape index (κ2) is 6.73. The molecule has 1 saturated heterocycles. The van der Waals surface area contributed by atoms with Crippen molar-refractivity contribution in [2.24, 2.45) is 0 Å². The molecule has 0 aromatic heterocycles. The van der Waals surface area contributed by atoms with Crippen LogP contribution in [0.15, 0.2) is 48.5 Å². The number of carbonyl (C=O) groups is 4. The van der Waals surface area contributed by atoms with E-state index in [4.69, 9.17) is 0 Å². The summed E-state index contributed by atoms with van der Waals surface area (Å²) in [6.45, 7) is 1.79. The number of nitrogens with one attached hydrogen (secondary N) is 2. The van der Waals surface area contributed by atoms with Crippen molar-refractivity contribution >= 4 is 23.8 Å². The Morgan fingerprint density at radius 3 is 2.31 bits per heavy atom. The Kier molecular flexibility index (Phi) is 4.34. The van der Waals surface area contributed by atoms with Gasteiger partial charge in [0, 0.05) is 18.5 Å². The second-order valence-corrected chi connectivity index (χ2v) is 7.37. The zero-order valence-electron chi connectivity index (χ0n) is 15.6. The van der Waals surface area contributed by atoms with Gasteiger partial charge in [-0.3, -0.25) is 14.9 Å². The zero-order valence-corrected chi connectivity index (χ0v) is 15.6. The van der Waals surface area contributed by atoms with Crippen LogP contribution >= 0.6 is 0 Å². The van der Waals surface area contributed by atoms with Crippen LogP contribution in [0.5, 0.6) is 0 Å². The summed E-state index contributed by atoms with van der Waals surface area (Å²) in [5, 5.41) is 14.4. The molecule has 2 heterocycles. The topological polar surface area (TPSA) is 116 Å². The largest absolute Gasteiger partial charge is 0.480 e. The summed E-state index contributed by atoms with van der Waals surface area (Å²) >= 11 is 0. The maximum Gasteiger partial charge on any atom is 0.326 e. The SMILES string of the molecule is C[C@]1(c2ccc(C(=O)N3Cc4ccccc4C[C@@H]3C(=O)O)cc2)NC(=O)NC1=O. The lowest BCUT2D eigenvalue weighted by atomic mass is 9.90.